The van der Waals surface area contributed by atoms with Crippen LogP contribution in [0.25, 0.3) is 5.69 Å². The molecule has 1 aromatic heterocycles. The van der Waals surface area contributed by atoms with Gasteiger partial charge in [0, 0.05) is 33.4 Å². The highest BCUT2D eigenvalue weighted by Crippen LogP contribution is 2.22. The fourth-order valence-electron chi connectivity index (χ4n) is 3.31. The Hall–Kier alpha value is -2.18. The van der Waals surface area contributed by atoms with E-state index in [-0.39, 0.29) is 18.1 Å². The fraction of sp³-hybridized carbons (Fsp3) is 0.474. The molecule has 25 heavy (non-hydrogen) atoms. The van der Waals surface area contributed by atoms with Crippen LogP contribution in [0.2, 0.25) is 0 Å². The molecule has 0 unspecified atom stereocenters. The zero-order valence-electron chi connectivity index (χ0n) is 14.8. The number of carbonyl (C=O) groups excluding carboxylic acids is 1. The first-order valence-electron chi connectivity index (χ1n) is 8.61. The third-order valence-corrected chi connectivity index (χ3v) is 4.67. The van der Waals surface area contributed by atoms with Gasteiger partial charge in [0.1, 0.15) is 0 Å². The lowest BCUT2D eigenvalue weighted by Gasteiger charge is -2.23. The van der Waals surface area contributed by atoms with Crippen molar-refractivity contribution in [3.8, 4) is 5.69 Å². The van der Waals surface area contributed by atoms with Gasteiger partial charge in [0.05, 0.1) is 30.6 Å². The standard InChI is InChI=1S/C19H25N3O3/c1-24-14-17-10-18(25-2)13-21(17)19(23)9-8-15-11-20-22(12-15)16-6-4-3-5-7-16/h3-7,11-12,17-18H,8-10,13-14H2,1-2H3/t17-,18+/m0/s1. The van der Waals surface area contributed by atoms with Crippen molar-refractivity contribution in [2.75, 3.05) is 27.4 Å². The van der Waals surface area contributed by atoms with E-state index in [1.165, 1.54) is 0 Å². The number of aryl methyl sites for hydroxylation is 1. The number of para-hydroxylation sites is 1. The summed E-state index contributed by atoms with van der Waals surface area (Å²) in [5, 5.41) is 4.38. The van der Waals surface area contributed by atoms with E-state index in [1.807, 2.05) is 52.3 Å². The minimum Gasteiger partial charge on any atom is -0.383 e. The quantitative estimate of drug-likeness (QED) is 0.772. The summed E-state index contributed by atoms with van der Waals surface area (Å²) in [6, 6.07) is 10.1. The average molecular weight is 343 g/mol. The molecule has 6 heteroatoms. The normalized spacial score (nSPS) is 20.2. The second-order valence-corrected chi connectivity index (χ2v) is 6.38. The first-order chi connectivity index (χ1) is 12.2. The molecule has 3 rings (SSSR count). The molecular formula is C19H25N3O3. The van der Waals surface area contributed by atoms with Crippen molar-refractivity contribution in [3.63, 3.8) is 0 Å². The number of hydrogen-bond donors (Lipinski definition) is 0. The van der Waals surface area contributed by atoms with Gasteiger partial charge in [-0.05, 0) is 30.5 Å². The predicted molar refractivity (Wildman–Crippen MR) is 94.7 cm³/mol. The van der Waals surface area contributed by atoms with E-state index in [1.54, 1.807) is 14.2 Å². The van der Waals surface area contributed by atoms with E-state index in [9.17, 15) is 4.79 Å². The zero-order valence-corrected chi connectivity index (χ0v) is 14.8. The SMILES string of the molecule is COC[C@@H]1C[C@@H](OC)CN1C(=O)CCc1cnn(-c2ccccc2)c1. The number of benzene rings is 1. The van der Waals surface area contributed by atoms with Gasteiger partial charge in [0.25, 0.3) is 0 Å². The van der Waals surface area contributed by atoms with Crippen LogP contribution in [0.5, 0.6) is 0 Å². The minimum atomic E-state index is 0.102. The van der Waals surface area contributed by atoms with Crippen LogP contribution in [-0.2, 0) is 20.7 Å². The van der Waals surface area contributed by atoms with E-state index in [0.717, 1.165) is 17.7 Å². The number of likely N-dealkylation sites (tertiary alicyclic amines) is 1. The topological polar surface area (TPSA) is 56.6 Å². The molecule has 1 aliphatic heterocycles. The molecule has 1 amide bonds. The number of hydrogen-bond acceptors (Lipinski definition) is 4. The van der Waals surface area contributed by atoms with Crippen LogP contribution in [0.1, 0.15) is 18.4 Å². The molecular weight excluding hydrogens is 318 g/mol. The molecule has 6 nitrogen and oxygen atoms in total. The van der Waals surface area contributed by atoms with Crippen LogP contribution in [-0.4, -0.2) is 60.1 Å². The second-order valence-electron chi connectivity index (χ2n) is 6.38. The molecule has 0 saturated carbocycles. The van der Waals surface area contributed by atoms with Crippen molar-refractivity contribution < 1.29 is 14.3 Å². The van der Waals surface area contributed by atoms with E-state index in [4.69, 9.17) is 9.47 Å². The maximum Gasteiger partial charge on any atom is 0.223 e. The van der Waals surface area contributed by atoms with Crippen molar-refractivity contribution in [1.82, 2.24) is 14.7 Å². The summed E-state index contributed by atoms with van der Waals surface area (Å²) in [4.78, 5) is 14.5. The summed E-state index contributed by atoms with van der Waals surface area (Å²) in [7, 11) is 3.36. The van der Waals surface area contributed by atoms with Gasteiger partial charge in [-0.15, -0.1) is 0 Å². The number of amides is 1. The Bertz CT molecular complexity index is 686. The first-order valence-corrected chi connectivity index (χ1v) is 8.61. The monoisotopic (exact) mass is 343 g/mol. The molecule has 0 spiro atoms. The Morgan fingerprint density at radius 2 is 2.08 bits per heavy atom. The molecule has 0 radical (unpaired) electrons. The van der Waals surface area contributed by atoms with E-state index < -0.39 is 0 Å². The highest BCUT2D eigenvalue weighted by molar-refractivity contribution is 5.77. The molecule has 1 fully saturated rings. The molecule has 0 aliphatic carbocycles. The molecule has 134 valence electrons. The average Bonchev–Trinajstić information content (AvgIpc) is 3.28. The molecule has 1 aromatic carbocycles. The van der Waals surface area contributed by atoms with Crippen LogP contribution in [0, 0.1) is 0 Å². The number of nitrogens with zero attached hydrogens (tertiary/aromatic N) is 3. The lowest BCUT2D eigenvalue weighted by atomic mass is 10.1. The molecule has 0 N–H and O–H groups in total. The molecule has 2 atom stereocenters. The highest BCUT2D eigenvalue weighted by atomic mass is 16.5. The van der Waals surface area contributed by atoms with Gasteiger partial charge < -0.3 is 14.4 Å². The van der Waals surface area contributed by atoms with Gasteiger partial charge in [-0.3, -0.25) is 4.79 Å². The van der Waals surface area contributed by atoms with Gasteiger partial charge >= 0.3 is 0 Å². The number of rotatable bonds is 7. The summed E-state index contributed by atoms with van der Waals surface area (Å²) >= 11 is 0. The molecule has 1 aliphatic rings. The molecule has 2 aromatic rings. The Morgan fingerprint density at radius 1 is 1.28 bits per heavy atom. The number of methoxy groups -OCH3 is 2. The van der Waals surface area contributed by atoms with E-state index >= 15 is 0 Å². The zero-order chi connectivity index (χ0) is 17.6. The predicted octanol–water partition coefficient (Wildman–Crippen LogP) is 2.07. The largest absolute Gasteiger partial charge is 0.383 e. The maximum atomic E-state index is 12.6. The maximum absolute atomic E-state index is 12.6. The number of aromatic nitrogens is 2. The third-order valence-electron chi connectivity index (χ3n) is 4.67. The lowest BCUT2D eigenvalue weighted by molar-refractivity contribution is -0.133. The Morgan fingerprint density at radius 3 is 2.80 bits per heavy atom. The smallest absolute Gasteiger partial charge is 0.223 e. The van der Waals surface area contributed by atoms with Gasteiger partial charge in [0.2, 0.25) is 5.91 Å². The van der Waals surface area contributed by atoms with Crippen LogP contribution >= 0.6 is 0 Å². The van der Waals surface area contributed by atoms with Crippen molar-refractivity contribution in [2.45, 2.75) is 31.4 Å². The van der Waals surface area contributed by atoms with Crippen LogP contribution in [0.15, 0.2) is 42.7 Å². The summed E-state index contributed by atoms with van der Waals surface area (Å²) in [6.45, 7) is 1.20. The lowest BCUT2D eigenvalue weighted by Crippen LogP contribution is -2.38. The van der Waals surface area contributed by atoms with E-state index in [0.29, 0.717) is 26.0 Å². The van der Waals surface area contributed by atoms with Crippen LogP contribution < -0.4 is 0 Å². The van der Waals surface area contributed by atoms with Crippen molar-refractivity contribution in [1.29, 1.82) is 0 Å². The van der Waals surface area contributed by atoms with Gasteiger partial charge in [-0.1, -0.05) is 18.2 Å². The third kappa shape index (κ3) is 4.27. The molecule has 1 saturated heterocycles. The van der Waals surface area contributed by atoms with Crippen molar-refractivity contribution in [2.24, 2.45) is 0 Å². The summed E-state index contributed by atoms with van der Waals surface area (Å²) in [5.41, 5.74) is 2.07. The van der Waals surface area contributed by atoms with Gasteiger partial charge in [0.15, 0.2) is 0 Å². The number of ether oxygens (including phenoxy) is 2. The minimum absolute atomic E-state index is 0.102. The van der Waals surface area contributed by atoms with E-state index in [2.05, 4.69) is 5.10 Å². The summed E-state index contributed by atoms with van der Waals surface area (Å²) in [6.07, 6.45) is 5.90. The van der Waals surface area contributed by atoms with Crippen LogP contribution in [0.3, 0.4) is 0 Å². The highest BCUT2D eigenvalue weighted by Gasteiger charge is 2.34. The van der Waals surface area contributed by atoms with Crippen molar-refractivity contribution in [3.05, 3.63) is 48.3 Å². The Kier molecular flexibility index (Phi) is 5.83. The van der Waals surface area contributed by atoms with Gasteiger partial charge in [-0.25, -0.2) is 4.68 Å². The Balaban J connectivity index is 1.58. The van der Waals surface area contributed by atoms with Gasteiger partial charge in [-0.2, -0.15) is 5.10 Å². The summed E-state index contributed by atoms with van der Waals surface area (Å²) in [5.74, 6) is 0.147. The second kappa shape index (κ2) is 8.27. The van der Waals surface area contributed by atoms with Crippen LogP contribution in [0.4, 0.5) is 0 Å². The molecule has 0 bridgehead atoms. The summed E-state index contributed by atoms with van der Waals surface area (Å²) < 4.78 is 12.5. The molecule has 2 heterocycles. The first kappa shape index (κ1) is 17.6. The number of carbonyl (C=O) groups is 1. The van der Waals surface area contributed by atoms with Crippen molar-refractivity contribution >= 4 is 5.91 Å². The fourth-order valence-corrected chi connectivity index (χ4v) is 3.31. The Labute approximate surface area is 148 Å².